The number of hydrogen-bond donors (Lipinski definition) is 1. The van der Waals surface area contributed by atoms with E-state index in [-0.39, 0.29) is 39.1 Å². The Morgan fingerprint density at radius 3 is 2.17 bits per heavy atom. The van der Waals surface area contributed by atoms with Gasteiger partial charge in [-0.15, -0.1) is 0 Å². The molecule has 0 heterocycles. The van der Waals surface area contributed by atoms with Crippen molar-refractivity contribution in [3.63, 3.8) is 0 Å². The van der Waals surface area contributed by atoms with Crippen LogP contribution in [0.5, 0.6) is 0 Å². The molecular formula is C29H32BrCl2N3O4S. The molecule has 40 heavy (non-hydrogen) atoms. The summed E-state index contributed by atoms with van der Waals surface area (Å²) in [7, 11) is -4.22. The Morgan fingerprint density at radius 2 is 1.60 bits per heavy atom. The van der Waals surface area contributed by atoms with Gasteiger partial charge in [0.2, 0.25) is 11.8 Å². The standard InChI is InChI=1S/C29H32BrCl2N3O4S/c1-5-20(3)33-29(37)21(4)34(17-22-7-6-8-23(30)13-22)28(36)18-35(26-15-24(31)14-25(32)16-26)40(38,39)27-11-9-19(2)10-12-27/h6-16,20-21H,5,17-18H2,1-4H3,(H,33,37)/t20-,21-/m0/s1. The molecule has 3 aromatic rings. The third kappa shape index (κ3) is 8.22. The van der Waals surface area contributed by atoms with E-state index in [1.54, 1.807) is 19.1 Å². The van der Waals surface area contributed by atoms with Gasteiger partial charge in [-0.1, -0.05) is 75.9 Å². The van der Waals surface area contributed by atoms with Gasteiger partial charge >= 0.3 is 0 Å². The van der Waals surface area contributed by atoms with Crippen LogP contribution < -0.4 is 9.62 Å². The Bertz CT molecular complexity index is 1450. The largest absolute Gasteiger partial charge is 0.352 e. The smallest absolute Gasteiger partial charge is 0.264 e. The number of rotatable bonds is 11. The number of halogens is 3. The van der Waals surface area contributed by atoms with Crippen molar-refractivity contribution in [2.45, 2.75) is 57.6 Å². The number of benzene rings is 3. The third-order valence-electron chi connectivity index (χ3n) is 6.43. The fourth-order valence-corrected chi connectivity index (χ4v) is 6.29. The summed E-state index contributed by atoms with van der Waals surface area (Å²) < 4.78 is 29.6. The molecule has 0 radical (unpaired) electrons. The second-order valence-corrected chi connectivity index (χ2v) is 13.2. The summed E-state index contributed by atoms with van der Waals surface area (Å²) in [6, 6.07) is 17.1. The van der Waals surface area contributed by atoms with Crippen molar-refractivity contribution >= 4 is 66.7 Å². The van der Waals surface area contributed by atoms with E-state index >= 15 is 0 Å². The molecule has 3 aromatic carbocycles. The second kappa shape index (κ2) is 13.9. The lowest BCUT2D eigenvalue weighted by Gasteiger charge is -2.32. The molecule has 0 aromatic heterocycles. The lowest BCUT2D eigenvalue weighted by Crippen LogP contribution is -2.52. The SMILES string of the molecule is CC[C@H](C)NC(=O)[C@H](C)N(Cc1cccc(Br)c1)C(=O)CN(c1cc(Cl)cc(Cl)c1)S(=O)(=O)c1ccc(C)cc1. The van der Waals surface area contributed by atoms with Gasteiger partial charge in [-0.2, -0.15) is 0 Å². The minimum atomic E-state index is -4.22. The quantitative estimate of drug-likeness (QED) is 0.250. The Kier molecular flexibility index (Phi) is 11.1. The average Bonchev–Trinajstić information content (AvgIpc) is 2.89. The van der Waals surface area contributed by atoms with Crippen LogP contribution in [0.4, 0.5) is 5.69 Å². The van der Waals surface area contributed by atoms with Gasteiger partial charge in [-0.25, -0.2) is 8.42 Å². The van der Waals surface area contributed by atoms with E-state index in [4.69, 9.17) is 23.2 Å². The summed E-state index contributed by atoms with van der Waals surface area (Å²) in [4.78, 5) is 28.5. The van der Waals surface area contributed by atoms with Crippen molar-refractivity contribution in [3.05, 3.63) is 92.4 Å². The predicted octanol–water partition coefficient (Wildman–Crippen LogP) is 6.59. The van der Waals surface area contributed by atoms with Crippen molar-refractivity contribution in [2.24, 2.45) is 0 Å². The number of nitrogens with zero attached hydrogens (tertiary/aromatic N) is 2. The topological polar surface area (TPSA) is 86.8 Å². The van der Waals surface area contributed by atoms with Crippen molar-refractivity contribution < 1.29 is 18.0 Å². The molecule has 2 atom stereocenters. The zero-order valence-corrected chi connectivity index (χ0v) is 26.6. The highest BCUT2D eigenvalue weighted by Crippen LogP contribution is 2.30. The molecule has 0 saturated heterocycles. The number of carbonyl (C=O) groups is 2. The van der Waals surface area contributed by atoms with Crippen molar-refractivity contribution in [1.29, 1.82) is 0 Å². The Labute approximate surface area is 254 Å². The molecule has 214 valence electrons. The number of anilines is 1. The first kappa shape index (κ1) is 31.9. The number of nitrogens with one attached hydrogen (secondary N) is 1. The molecule has 0 spiro atoms. The van der Waals surface area contributed by atoms with Crippen LogP contribution in [0, 0.1) is 6.92 Å². The summed E-state index contributed by atoms with van der Waals surface area (Å²) in [6.45, 7) is 6.81. The highest BCUT2D eigenvalue weighted by atomic mass is 79.9. The molecule has 7 nitrogen and oxygen atoms in total. The maximum absolute atomic E-state index is 14.0. The molecule has 0 bridgehead atoms. The van der Waals surface area contributed by atoms with Gasteiger partial charge in [0.05, 0.1) is 10.6 Å². The highest BCUT2D eigenvalue weighted by Gasteiger charge is 2.33. The highest BCUT2D eigenvalue weighted by molar-refractivity contribution is 9.10. The first-order valence-corrected chi connectivity index (χ1v) is 15.7. The van der Waals surface area contributed by atoms with Crippen LogP contribution in [-0.4, -0.2) is 43.8 Å². The molecule has 0 saturated carbocycles. The van der Waals surface area contributed by atoms with E-state index in [0.29, 0.717) is 0 Å². The van der Waals surface area contributed by atoms with E-state index in [1.165, 1.54) is 35.2 Å². The van der Waals surface area contributed by atoms with Crippen molar-refractivity contribution in [2.75, 3.05) is 10.8 Å². The Morgan fingerprint density at radius 1 is 0.975 bits per heavy atom. The average molecular weight is 669 g/mol. The van der Waals surface area contributed by atoms with Crippen LogP contribution in [0.25, 0.3) is 0 Å². The number of carbonyl (C=O) groups excluding carboxylic acids is 2. The fourth-order valence-electron chi connectivity index (χ4n) is 3.93. The molecule has 2 amide bonds. The summed E-state index contributed by atoms with van der Waals surface area (Å²) >= 11 is 15.9. The molecule has 0 aliphatic carbocycles. The maximum atomic E-state index is 14.0. The van der Waals surface area contributed by atoms with E-state index < -0.39 is 28.5 Å². The molecule has 0 unspecified atom stereocenters. The summed E-state index contributed by atoms with van der Waals surface area (Å²) in [5.41, 5.74) is 1.78. The minimum absolute atomic E-state index is 0.00287. The van der Waals surface area contributed by atoms with E-state index in [0.717, 1.165) is 26.3 Å². The second-order valence-electron chi connectivity index (χ2n) is 9.60. The Balaban J connectivity index is 2.06. The van der Waals surface area contributed by atoms with Gasteiger partial charge in [0.1, 0.15) is 12.6 Å². The normalized spacial score (nSPS) is 12.9. The van der Waals surface area contributed by atoms with E-state index in [1.807, 2.05) is 45.0 Å². The molecular weight excluding hydrogens is 637 g/mol. The molecule has 0 aliphatic heterocycles. The van der Waals surface area contributed by atoms with Gasteiger partial charge in [-0.05, 0) is 75.2 Å². The number of sulfonamides is 1. The van der Waals surface area contributed by atoms with Crippen LogP contribution in [0.2, 0.25) is 10.0 Å². The fraction of sp³-hybridized carbons (Fsp3) is 0.310. The van der Waals surface area contributed by atoms with Gasteiger partial charge in [0, 0.05) is 27.1 Å². The molecule has 1 N–H and O–H groups in total. The third-order valence-corrected chi connectivity index (χ3v) is 9.15. The molecule has 11 heteroatoms. The summed E-state index contributed by atoms with van der Waals surface area (Å²) in [5, 5.41) is 3.34. The van der Waals surface area contributed by atoms with Gasteiger partial charge in [0.25, 0.3) is 10.0 Å². The van der Waals surface area contributed by atoms with Gasteiger partial charge in [0.15, 0.2) is 0 Å². The van der Waals surface area contributed by atoms with E-state index in [9.17, 15) is 18.0 Å². The predicted molar refractivity (Wildman–Crippen MR) is 164 cm³/mol. The lowest BCUT2D eigenvalue weighted by atomic mass is 10.1. The maximum Gasteiger partial charge on any atom is 0.264 e. The van der Waals surface area contributed by atoms with Crippen LogP contribution >= 0.6 is 39.1 Å². The van der Waals surface area contributed by atoms with Gasteiger partial charge in [-0.3, -0.25) is 13.9 Å². The first-order valence-electron chi connectivity index (χ1n) is 12.7. The minimum Gasteiger partial charge on any atom is -0.352 e. The van der Waals surface area contributed by atoms with Crippen LogP contribution in [0.15, 0.2) is 76.1 Å². The van der Waals surface area contributed by atoms with Crippen LogP contribution in [0.3, 0.4) is 0 Å². The van der Waals surface area contributed by atoms with Crippen molar-refractivity contribution in [3.8, 4) is 0 Å². The van der Waals surface area contributed by atoms with Crippen molar-refractivity contribution in [1.82, 2.24) is 10.2 Å². The molecule has 0 aliphatic rings. The molecule has 0 fully saturated rings. The number of aryl methyl sites for hydroxylation is 1. The first-order chi connectivity index (χ1) is 18.8. The van der Waals surface area contributed by atoms with Crippen LogP contribution in [-0.2, 0) is 26.2 Å². The number of hydrogen-bond acceptors (Lipinski definition) is 4. The Hall–Kier alpha value is -2.59. The molecule has 3 rings (SSSR count). The van der Waals surface area contributed by atoms with Crippen LogP contribution in [0.1, 0.15) is 38.3 Å². The monoisotopic (exact) mass is 667 g/mol. The summed E-state index contributed by atoms with van der Waals surface area (Å²) in [5.74, 6) is -0.907. The van der Waals surface area contributed by atoms with Gasteiger partial charge < -0.3 is 10.2 Å². The van der Waals surface area contributed by atoms with E-state index in [2.05, 4.69) is 21.2 Å². The zero-order chi connectivity index (χ0) is 29.6. The lowest BCUT2D eigenvalue weighted by molar-refractivity contribution is -0.139. The zero-order valence-electron chi connectivity index (χ0n) is 22.7. The number of amides is 2. The summed E-state index contributed by atoms with van der Waals surface area (Å²) in [6.07, 6.45) is 0.718.